The molecular weight excluding hydrogens is 388 g/mol. The number of quaternary nitrogens is 1. The summed E-state index contributed by atoms with van der Waals surface area (Å²) in [4.78, 5) is 15.3. The van der Waals surface area contributed by atoms with Gasteiger partial charge in [0.2, 0.25) is 10.0 Å². The average molecular weight is 422 g/mol. The molecule has 1 heterocycles. The van der Waals surface area contributed by atoms with Gasteiger partial charge in [-0.1, -0.05) is 26.0 Å². The van der Waals surface area contributed by atoms with Crippen LogP contribution < -0.4 is 4.90 Å². The van der Waals surface area contributed by atoms with Gasteiger partial charge in [-0.25, -0.2) is 8.42 Å². The summed E-state index contributed by atoms with van der Waals surface area (Å²) in [5.41, 5.74) is 0.284. The van der Waals surface area contributed by atoms with Crippen LogP contribution in [0.3, 0.4) is 0 Å². The van der Waals surface area contributed by atoms with E-state index in [1.807, 2.05) is 12.1 Å². The molecule has 0 bridgehead atoms. The van der Waals surface area contributed by atoms with E-state index in [0.717, 1.165) is 16.9 Å². The zero-order valence-electron chi connectivity index (χ0n) is 18.1. The van der Waals surface area contributed by atoms with Crippen molar-refractivity contribution in [2.45, 2.75) is 50.5 Å². The number of hydrogen-bond acceptors (Lipinski definition) is 4. The van der Waals surface area contributed by atoms with E-state index in [1.54, 1.807) is 33.0 Å². The maximum atomic E-state index is 13.0. The lowest BCUT2D eigenvalue weighted by Gasteiger charge is -2.34. The first-order chi connectivity index (χ1) is 13.5. The van der Waals surface area contributed by atoms with Gasteiger partial charge in [-0.2, -0.15) is 9.57 Å². The molecule has 1 atom stereocenters. The number of benzene rings is 1. The fourth-order valence-electron chi connectivity index (χ4n) is 3.29. The summed E-state index contributed by atoms with van der Waals surface area (Å²) in [5.74, 6) is 0.295. The lowest BCUT2D eigenvalue weighted by molar-refractivity contribution is -0.896. The van der Waals surface area contributed by atoms with Crippen molar-refractivity contribution in [1.82, 2.24) is 9.21 Å². The highest BCUT2D eigenvalue weighted by Crippen LogP contribution is 2.22. The molecule has 0 radical (unpaired) electrons. The van der Waals surface area contributed by atoms with E-state index in [4.69, 9.17) is 0 Å². The number of likely N-dealkylation sites (N-methyl/N-ethyl adjacent to an activating group) is 1. The molecule has 7 nitrogen and oxygen atoms in total. The number of amides is 1. The quantitative estimate of drug-likeness (QED) is 0.707. The van der Waals surface area contributed by atoms with Gasteiger partial charge in [0, 0.05) is 7.05 Å². The van der Waals surface area contributed by atoms with E-state index in [9.17, 15) is 18.5 Å². The Morgan fingerprint density at radius 1 is 1.28 bits per heavy atom. The van der Waals surface area contributed by atoms with Gasteiger partial charge in [0.1, 0.15) is 5.54 Å². The second-order valence-corrected chi connectivity index (χ2v) is 10.3. The van der Waals surface area contributed by atoms with Crippen LogP contribution in [0.2, 0.25) is 0 Å². The number of carbonyl (C=O) groups is 1. The summed E-state index contributed by atoms with van der Waals surface area (Å²) in [6.07, 6.45) is 1.01. The molecule has 160 valence electrons. The molecule has 1 aromatic carbocycles. The van der Waals surface area contributed by atoms with Gasteiger partial charge in [-0.3, -0.25) is 4.79 Å². The molecule has 1 aliphatic heterocycles. The standard InChI is InChI=1S/C21H32N4O3S/c1-6-17(2)18-7-9-19(10-8-18)29(27,28)25-13-11-24(12-14-25)15-20(26)23(5)21(3,4)16-22/h7-10,17H,6,11-15H2,1-5H3/p+1/t17-/m0/s1. The average Bonchev–Trinajstić information content (AvgIpc) is 2.72. The van der Waals surface area contributed by atoms with Crippen molar-refractivity contribution in [2.24, 2.45) is 0 Å². The van der Waals surface area contributed by atoms with Gasteiger partial charge < -0.3 is 9.80 Å². The zero-order chi connectivity index (χ0) is 21.8. The molecule has 1 aliphatic rings. The van der Waals surface area contributed by atoms with Crippen LogP contribution in [0.1, 0.15) is 45.6 Å². The fourth-order valence-corrected chi connectivity index (χ4v) is 4.73. The van der Waals surface area contributed by atoms with Crippen LogP contribution in [0.25, 0.3) is 0 Å². The molecule has 29 heavy (non-hydrogen) atoms. The second-order valence-electron chi connectivity index (χ2n) is 8.33. The minimum Gasteiger partial charge on any atom is -0.325 e. The van der Waals surface area contributed by atoms with Crippen LogP contribution in [-0.4, -0.2) is 68.8 Å². The van der Waals surface area contributed by atoms with Gasteiger partial charge in [0.05, 0.1) is 37.1 Å². The highest BCUT2D eigenvalue weighted by atomic mass is 32.2. The van der Waals surface area contributed by atoms with Crippen molar-refractivity contribution in [3.63, 3.8) is 0 Å². The Kier molecular flexibility index (Phi) is 7.44. The van der Waals surface area contributed by atoms with Gasteiger partial charge in [-0.05, 0) is 43.9 Å². The van der Waals surface area contributed by atoms with E-state index >= 15 is 0 Å². The molecule has 1 N–H and O–H groups in total. The molecule has 1 amide bonds. The summed E-state index contributed by atoms with van der Waals surface area (Å²) in [6.45, 7) is 9.80. The van der Waals surface area contributed by atoms with Gasteiger partial charge >= 0.3 is 0 Å². The SMILES string of the molecule is CC[C@H](C)c1ccc(S(=O)(=O)N2CC[NH+](CC(=O)N(C)C(C)(C)C#N)CC2)cc1. The van der Waals surface area contributed by atoms with Crippen molar-refractivity contribution in [3.05, 3.63) is 29.8 Å². The summed E-state index contributed by atoms with van der Waals surface area (Å²) in [5, 5.41) is 9.19. The number of hydrogen-bond donors (Lipinski definition) is 1. The van der Waals surface area contributed by atoms with Crippen LogP contribution in [0.4, 0.5) is 0 Å². The Morgan fingerprint density at radius 2 is 1.83 bits per heavy atom. The van der Waals surface area contributed by atoms with Crippen LogP contribution in [0.5, 0.6) is 0 Å². The number of carbonyl (C=O) groups excluding carboxylic acids is 1. The molecule has 2 rings (SSSR count). The molecular formula is C21H33N4O3S+. The molecule has 1 saturated heterocycles. The molecule has 0 saturated carbocycles. The monoisotopic (exact) mass is 421 g/mol. The van der Waals surface area contributed by atoms with Crippen molar-refractivity contribution in [2.75, 3.05) is 39.8 Å². The van der Waals surface area contributed by atoms with Crippen molar-refractivity contribution >= 4 is 15.9 Å². The summed E-state index contributed by atoms with van der Waals surface area (Å²) < 4.78 is 27.4. The number of piperazine rings is 1. The highest BCUT2D eigenvalue weighted by molar-refractivity contribution is 7.89. The molecule has 0 spiro atoms. The van der Waals surface area contributed by atoms with E-state index in [1.165, 1.54) is 9.21 Å². The number of sulfonamides is 1. The summed E-state index contributed by atoms with van der Waals surface area (Å²) in [6, 6.07) is 9.31. The van der Waals surface area contributed by atoms with Crippen LogP contribution in [0, 0.1) is 11.3 Å². The van der Waals surface area contributed by atoms with E-state index in [2.05, 4.69) is 19.9 Å². The maximum Gasteiger partial charge on any atom is 0.278 e. The van der Waals surface area contributed by atoms with E-state index in [0.29, 0.717) is 37.0 Å². The molecule has 0 unspecified atom stereocenters. The third kappa shape index (κ3) is 5.35. The number of nitrogens with zero attached hydrogens (tertiary/aromatic N) is 3. The Bertz CT molecular complexity index is 851. The molecule has 0 aromatic heterocycles. The lowest BCUT2D eigenvalue weighted by Crippen LogP contribution is -3.15. The van der Waals surface area contributed by atoms with Crippen molar-refractivity contribution < 1.29 is 18.1 Å². The van der Waals surface area contributed by atoms with E-state index in [-0.39, 0.29) is 12.5 Å². The maximum absolute atomic E-state index is 13.0. The fraction of sp³-hybridized carbons (Fsp3) is 0.619. The van der Waals surface area contributed by atoms with Crippen LogP contribution >= 0.6 is 0 Å². The number of nitrogens with one attached hydrogen (secondary N) is 1. The first-order valence-corrected chi connectivity index (χ1v) is 11.6. The predicted octanol–water partition coefficient (Wildman–Crippen LogP) is 0.850. The zero-order valence-corrected chi connectivity index (χ0v) is 18.9. The lowest BCUT2D eigenvalue weighted by atomic mass is 9.99. The predicted molar refractivity (Wildman–Crippen MR) is 112 cm³/mol. The van der Waals surface area contributed by atoms with Crippen molar-refractivity contribution in [1.29, 1.82) is 5.26 Å². The molecule has 1 aromatic rings. The van der Waals surface area contributed by atoms with E-state index < -0.39 is 15.6 Å². The van der Waals surface area contributed by atoms with Crippen molar-refractivity contribution in [3.8, 4) is 6.07 Å². The number of nitriles is 1. The largest absolute Gasteiger partial charge is 0.325 e. The van der Waals surface area contributed by atoms with Crippen LogP contribution in [-0.2, 0) is 14.8 Å². The van der Waals surface area contributed by atoms with Gasteiger partial charge in [-0.15, -0.1) is 0 Å². The molecule has 8 heteroatoms. The Hall–Kier alpha value is -1.95. The smallest absolute Gasteiger partial charge is 0.278 e. The first kappa shape index (κ1) is 23.3. The normalized spacial score (nSPS) is 17.5. The highest BCUT2D eigenvalue weighted by Gasteiger charge is 2.34. The third-order valence-electron chi connectivity index (χ3n) is 6.02. The summed E-state index contributed by atoms with van der Waals surface area (Å²) in [7, 11) is -1.89. The molecule has 0 aliphatic carbocycles. The Labute approximate surface area is 174 Å². The summed E-state index contributed by atoms with van der Waals surface area (Å²) >= 11 is 0. The first-order valence-electron chi connectivity index (χ1n) is 10.1. The van der Waals surface area contributed by atoms with Gasteiger partial charge in [0.25, 0.3) is 5.91 Å². The minimum absolute atomic E-state index is 0.108. The molecule has 1 fully saturated rings. The number of rotatable bonds is 7. The Morgan fingerprint density at radius 3 is 2.31 bits per heavy atom. The third-order valence-corrected chi connectivity index (χ3v) is 7.93. The van der Waals surface area contributed by atoms with Crippen LogP contribution in [0.15, 0.2) is 29.2 Å². The Balaban J connectivity index is 1.98. The minimum atomic E-state index is -3.53. The second kappa shape index (κ2) is 9.24. The van der Waals surface area contributed by atoms with Gasteiger partial charge in [0.15, 0.2) is 6.54 Å². The topological polar surface area (TPSA) is 85.9 Å².